The Bertz CT molecular complexity index is 746. The number of aromatic nitrogens is 3. The second kappa shape index (κ2) is 4.39. The highest BCUT2D eigenvalue weighted by Crippen LogP contribution is 2.28. The highest BCUT2D eigenvalue weighted by molar-refractivity contribution is 5.67. The molecule has 0 fully saturated rings. The maximum Gasteiger partial charge on any atom is 0.153 e. The van der Waals surface area contributed by atoms with Crippen LogP contribution in [0.3, 0.4) is 0 Å². The van der Waals surface area contributed by atoms with Crippen molar-refractivity contribution in [1.29, 1.82) is 0 Å². The van der Waals surface area contributed by atoms with Gasteiger partial charge in [0, 0.05) is 18.0 Å². The first kappa shape index (κ1) is 11.7. The number of fused-ring (bicyclic) bond motifs is 1. The lowest BCUT2D eigenvalue weighted by atomic mass is 10.0. The molecule has 0 bridgehead atoms. The molecule has 0 atom stereocenters. The summed E-state index contributed by atoms with van der Waals surface area (Å²) in [6.45, 7) is 4.11. The van der Waals surface area contributed by atoms with Crippen LogP contribution in [-0.4, -0.2) is 21.7 Å². The number of rotatable bonds is 2. The quantitative estimate of drug-likeness (QED) is 0.704. The zero-order valence-electron chi connectivity index (χ0n) is 11.2. The summed E-state index contributed by atoms with van der Waals surface area (Å²) in [5, 5.41) is 4.58. The summed E-state index contributed by atoms with van der Waals surface area (Å²) in [7, 11) is 1.69. The molecule has 0 amide bonds. The van der Waals surface area contributed by atoms with Crippen LogP contribution in [0.25, 0.3) is 16.9 Å². The molecule has 0 spiro atoms. The second-order valence-corrected chi connectivity index (χ2v) is 4.59. The van der Waals surface area contributed by atoms with Gasteiger partial charge in [-0.2, -0.15) is 5.10 Å². The number of methoxy groups -OCH3 is 1. The largest absolute Gasteiger partial charge is 0.496 e. The highest BCUT2D eigenvalue weighted by Gasteiger charge is 2.09. The van der Waals surface area contributed by atoms with Gasteiger partial charge >= 0.3 is 0 Å². The van der Waals surface area contributed by atoms with Gasteiger partial charge in [-0.3, -0.25) is 0 Å². The minimum Gasteiger partial charge on any atom is -0.496 e. The average Bonchev–Trinajstić information content (AvgIpc) is 2.88. The van der Waals surface area contributed by atoms with Gasteiger partial charge in [-0.25, -0.2) is 9.50 Å². The van der Waals surface area contributed by atoms with E-state index in [-0.39, 0.29) is 0 Å². The Hall–Kier alpha value is -2.36. The molecule has 0 aliphatic rings. The van der Waals surface area contributed by atoms with Crippen molar-refractivity contribution in [3.63, 3.8) is 0 Å². The third-order valence-electron chi connectivity index (χ3n) is 3.27. The first-order valence-corrected chi connectivity index (χ1v) is 6.15. The summed E-state index contributed by atoms with van der Waals surface area (Å²) in [5.74, 6) is 0.907. The molecule has 0 N–H and O–H groups in total. The summed E-state index contributed by atoms with van der Waals surface area (Å²) in [6, 6.07) is 8.13. The molecule has 2 aromatic heterocycles. The zero-order valence-corrected chi connectivity index (χ0v) is 11.2. The Morgan fingerprint density at radius 3 is 2.74 bits per heavy atom. The van der Waals surface area contributed by atoms with E-state index in [0.29, 0.717) is 0 Å². The average molecular weight is 253 g/mol. The van der Waals surface area contributed by atoms with Crippen LogP contribution in [0.5, 0.6) is 5.75 Å². The Labute approximate surface area is 111 Å². The first-order valence-electron chi connectivity index (χ1n) is 6.15. The van der Waals surface area contributed by atoms with Gasteiger partial charge in [-0.1, -0.05) is 0 Å². The second-order valence-electron chi connectivity index (χ2n) is 4.59. The van der Waals surface area contributed by atoms with Crippen molar-refractivity contribution in [2.75, 3.05) is 7.11 Å². The maximum absolute atomic E-state index is 5.34. The lowest BCUT2D eigenvalue weighted by Crippen LogP contribution is -1.96. The van der Waals surface area contributed by atoms with E-state index < -0.39 is 0 Å². The number of benzene rings is 1. The molecule has 0 aliphatic carbocycles. The molecule has 0 saturated carbocycles. The number of imidazole rings is 1. The Morgan fingerprint density at radius 2 is 1.95 bits per heavy atom. The molecule has 2 heterocycles. The van der Waals surface area contributed by atoms with Crippen LogP contribution in [0.1, 0.15) is 11.1 Å². The van der Waals surface area contributed by atoms with Gasteiger partial charge in [-0.15, -0.1) is 0 Å². The van der Waals surface area contributed by atoms with Crippen LogP contribution < -0.4 is 4.74 Å². The van der Waals surface area contributed by atoms with Crippen molar-refractivity contribution in [1.82, 2.24) is 14.6 Å². The molecular weight excluding hydrogens is 238 g/mol. The van der Waals surface area contributed by atoms with Gasteiger partial charge in [0.2, 0.25) is 0 Å². The predicted octanol–water partition coefficient (Wildman–Crippen LogP) is 3.02. The van der Waals surface area contributed by atoms with Crippen LogP contribution >= 0.6 is 0 Å². The molecule has 3 rings (SSSR count). The molecule has 96 valence electrons. The molecule has 1 aromatic carbocycles. The van der Waals surface area contributed by atoms with Crippen LogP contribution in [0.15, 0.2) is 36.7 Å². The summed E-state index contributed by atoms with van der Waals surface area (Å²) < 4.78 is 7.12. The zero-order chi connectivity index (χ0) is 13.4. The molecule has 4 nitrogen and oxygen atoms in total. The third kappa shape index (κ3) is 1.95. The Morgan fingerprint density at radius 1 is 1.11 bits per heavy atom. The number of nitrogens with zero attached hydrogens (tertiary/aromatic N) is 3. The van der Waals surface area contributed by atoms with Crippen molar-refractivity contribution in [3.05, 3.63) is 47.8 Å². The lowest BCUT2D eigenvalue weighted by molar-refractivity contribution is 0.411. The normalized spacial score (nSPS) is 10.9. The fourth-order valence-electron chi connectivity index (χ4n) is 2.24. The van der Waals surface area contributed by atoms with E-state index in [9.17, 15) is 0 Å². The van der Waals surface area contributed by atoms with E-state index in [1.54, 1.807) is 17.8 Å². The van der Waals surface area contributed by atoms with Crippen LogP contribution in [-0.2, 0) is 0 Å². The van der Waals surface area contributed by atoms with E-state index in [2.05, 4.69) is 23.1 Å². The molecule has 0 saturated heterocycles. The maximum atomic E-state index is 5.34. The van der Waals surface area contributed by atoms with Gasteiger partial charge in [0.05, 0.1) is 12.8 Å². The number of ether oxygens (including phenoxy) is 1. The van der Waals surface area contributed by atoms with Crippen LogP contribution in [0, 0.1) is 13.8 Å². The van der Waals surface area contributed by atoms with Gasteiger partial charge in [0.25, 0.3) is 0 Å². The summed E-state index contributed by atoms with van der Waals surface area (Å²) in [4.78, 5) is 4.20. The lowest BCUT2D eigenvalue weighted by Gasteiger charge is -2.11. The Balaban J connectivity index is 2.17. The van der Waals surface area contributed by atoms with E-state index in [0.717, 1.165) is 33.8 Å². The Kier molecular flexibility index (Phi) is 2.71. The van der Waals surface area contributed by atoms with Gasteiger partial charge < -0.3 is 4.74 Å². The van der Waals surface area contributed by atoms with Crippen molar-refractivity contribution >= 4 is 5.65 Å². The highest BCUT2D eigenvalue weighted by atomic mass is 16.5. The first-order chi connectivity index (χ1) is 9.19. The fraction of sp³-hybridized carbons (Fsp3) is 0.200. The van der Waals surface area contributed by atoms with Crippen molar-refractivity contribution < 1.29 is 4.74 Å². The van der Waals surface area contributed by atoms with Gasteiger partial charge in [0.15, 0.2) is 5.65 Å². The summed E-state index contributed by atoms with van der Waals surface area (Å²) >= 11 is 0. The van der Waals surface area contributed by atoms with E-state index >= 15 is 0 Å². The minimum atomic E-state index is 0.853. The minimum absolute atomic E-state index is 0.853. The molecular formula is C15H15N3O. The monoisotopic (exact) mass is 253 g/mol. The molecule has 0 aliphatic heterocycles. The predicted molar refractivity (Wildman–Crippen MR) is 74.4 cm³/mol. The van der Waals surface area contributed by atoms with E-state index in [1.165, 1.54) is 0 Å². The molecule has 3 aromatic rings. The molecule has 0 radical (unpaired) electrons. The molecule has 19 heavy (non-hydrogen) atoms. The van der Waals surface area contributed by atoms with Crippen molar-refractivity contribution in [3.8, 4) is 17.0 Å². The van der Waals surface area contributed by atoms with E-state index in [1.807, 2.05) is 31.3 Å². The standard InChI is InChI=1S/C15H15N3O/c1-10-9-14(19-3)11(2)8-12(10)13-4-5-15-16-6-7-18(15)17-13/h4-9H,1-3H3. The topological polar surface area (TPSA) is 39.4 Å². The van der Waals surface area contributed by atoms with Crippen LogP contribution in [0.2, 0.25) is 0 Å². The molecule has 0 unspecified atom stereocenters. The third-order valence-corrected chi connectivity index (χ3v) is 3.27. The van der Waals surface area contributed by atoms with Crippen molar-refractivity contribution in [2.45, 2.75) is 13.8 Å². The van der Waals surface area contributed by atoms with E-state index in [4.69, 9.17) is 4.74 Å². The SMILES string of the molecule is COc1cc(C)c(-c2ccc3nccn3n2)cc1C. The van der Waals surface area contributed by atoms with Gasteiger partial charge in [-0.05, 0) is 49.2 Å². The van der Waals surface area contributed by atoms with Crippen LogP contribution in [0.4, 0.5) is 0 Å². The van der Waals surface area contributed by atoms with Crippen molar-refractivity contribution in [2.24, 2.45) is 0 Å². The van der Waals surface area contributed by atoms with Gasteiger partial charge in [0.1, 0.15) is 5.75 Å². The number of hydrogen-bond donors (Lipinski definition) is 0. The summed E-state index contributed by atoms with van der Waals surface area (Å²) in [6.07, 6.45) is 3.60. The summed E-state index contributed by atoms with van der Waals surface area (Å²) in [5.41, 5.74) is 5.17. The fourth-order valence-corrected chi connectivity index (χ4v) is 2.24. The number of aryl methyl sites for hydroxylation is 2. The smallest absolute Gasteiger partial charge is 0.153 e. The number of hydrogen-bond acceptors (Lipinski definition) is 3. The molecule has 4 heteroatoms.